The van der Waals surface area contributed by atoms with Gasteiger partial charge in [0.05, 0.1) is 17.5 Å². The summed E-state index contributed by atoms with van der Waals surface area (Å²) >= 11 is 0. The van der Waals surface area contributed by atoms with E-state index in [9.17, 15) is 4.79 Å². The quantitative estimate of drug-likeness (QED) is 0.572. The molecule has 0 saturated heterocycles. The number of aromatic nitrogens is 4. The van der Waals surface area contributed by atoms with Crippen LogP contribution in [0.1, 0.15) is 22.8 Å². The van der Waals surface area contributed by atoms with Gasteiger partial charge in [-0.2, -0.15) is 5.10 Å². The maximum Gasteiger partial charge on any atom is 0.260 e. The van der Waals surface area contributed by atoms with Gasteiger partial charge in [0.1, 0.15) is 11.6 Å². The van der Waals surface area contributed by atoms with Crippen molar-refractivity contribution in [1.29, 1.82) is 0 Å². The van der Waals surface area contributed by atoms with E-state index in [4.69, 9.17) is 5.73 Å². The number of carbonyl (C=O) groups excluding carboxylic acids is 1. The Balaban J connectivity index is 1.73. The molecule has 1 aromatic carbocycles. The van der Waals surface area contributed by atoms with Crippen LogP contribution in [0, 0.1) is 0 Å². The summed E-state index contributed by atoms with van der Waals surface area (Å²) in [7, 11) is 1.76. The van der Waals surface area contributed by atoms with Gasteiger partial charge >= 0.3 is 0 Å². The van der Waals surface area contributed by atoms with Crippen LogP contribution >= 0.6 is 0 Å². The van der Waals surface area contributed by atoms with Crippen LogP contribution in [0.15, 0.2) is 55.0 Å². The molecule has 0 atom stereocenters. The number of amides is 1. The number of fused-ring (bicyclic) bond motifs is 1. The van der Waals surface area contributed by atoms with E-state index >= 15 is 0 Å². The molecule has 7 nitrogen and oxygen atoms in total. The Labute approximate surface area is 162 Å². The first-order chi connectivity index (χ1) is 13.5. The molecule has 4 aromatic rings. The van der Waals surface area contributed by atoms with Crippen LogP contribution in [0.4, 0.5) is 11.6 Å². The highest BCUT2D eigenvalue weighted by molar-refractivity contribution is 6.04. The van der Waals surface area contributed by atoms with Crippen LogP contribution in [0.3, 0.4) is 0 Å². The predicted octanol–water partition coefficient (Wildman–Crippen LogP) is 3.43. The number of nitrogens with two attached hydrogens (primary N) is 1. The van der Waals surface area contributed by atoms with Gasteiger partial charge in [0, 0.05) is 30.4 Å². The standard InChI is InChI=1S/C21H20N6O/c1-3-13-6-4-5-7-16(13)18-8-14-9-19(23-11-17(14)20(22)25-18)26-21(28)15-10-24-27(2)12-15/h4-12H,3H2,1-2H3,(H2,22,25)(H,23,26,28). The van der Waals surface area contributed by atoms with Gasteiger partial charge in [-0.15, -0.1) is 0 Å². The lowest BCUT2D eigenvalue weighted by atomic mass is 10.0. The van der Waals surface area contributed by atoms with Crippen molar-refractivity contribution in [1.82, 2.24) is 19.7 Å². The molecule has 3 aromatic heterocycles. The molecule has 0 fully saturated rings. The van der Waals surface area contributed by atoms with Crippen LogP contribution < -0.4 is 11.1 Å². The minimum atomic E-state index is -0.265. The van der Waals surface area contributed by atoms with Crippen molar-refractivity contribution in [3.8, 4) is 11.3 Å². The van der Waals surface area contributed by atoms with Crippen molar-refractivity contribution >= 4 is 28.3 Å². The molecule has 0 aliphatic rings. The SMILES string of the molecule is CCc1ccccc1-c1cc2cc(NC(=O)c3cnn(C)c3)ncc2c(N)n1. The van der Waals surface area contributed by atoms with E-state index in [0.717, 1.165) is 28.5 Å². The Bertz CT molecular complexity index is 1180. The van der Waals surface area contributed by atoms with E-state index in [1.54, 1.807) is 30.2 Å². The van der Waals surface area contributed by atoms with Gasteiger partial charge in [-0.3, -0.25) is 9.48 Å². The fourth-order valence-corrected chi connectivity index (χ4v) is 3.19. The van der Waals surface area contributed by atoms with Gasteiger partial charge in [0.2, 0.25) is 0 Å². The second-order valence-electron chi connectivity index (χ2n) is 6.55. The van der Waals surface area contributed by atoms with Crippen LogP contribution in [0.5, 0.6) is 0 Å². The molecule has 140 valence electrons. The molecule has 7 heteroatoms. The minimum Gasteiger partial charge on any atom is -0.383 e. The molecule has 1 amide bonds. The molecule has 0 spiro atoms. The second kappa shape index (κ2) is 7.11. The third-order valence-corrected chi connectivity index (χ3v) is 4.63. The van der Waals surface area contributed by atoms with Crippen molar-refractivity contribution < 1.29 is 4.79 Å². The molecule has 28 heavy (non-hydrogen) atoms. The molecule has 3 heterocycles. The van der Waals surface area contributed by atoms with Crippen molar-refractivity contribution in [3.63, 3.8) is 0 Å². The maximum absolute atomic E-state index is 12.4. The summed E-state index contributed by atoms with van der Waals surface area (Å²) in [5.74, 6) is 0.594. The molecule has 3 N–H and O–H groups in total. The summed E-state index contributed by atoms with van der Waals surface area (Å²) in [6.45, 7) is 2.11. The van der Waals surface area contributed by atoms with Crippen LogP contribution in [0.25, 0.3) is 22.0 Å². The number of rotatable bonds is 4. The number of anilines is 2. The first-order valence-corrected chi connectivity index (χ1v) is 8.99. The Morgan fingerprint density at radius 2 is 2.04 bits per heavy atom. The molecule has 0 aliphatic carbocycles. The molecular formula is C21H20N6O. The van der Waals surface area contributed by atoms with E-state index < -0.39 is 0 Å². The molecule has 0 saturated carbocycles. The Morgan fingerprint density at radius 1 is 1.21 bits per heavy atom. The highest BCUT2D eigenvalue weighted by Crippen LogP contribution is 2.29. The zero-order valence-electron chi connectivity index (χ0n) is 15.7. The summed E-state index contributed by atoms with van der Waals surface area (Å²) in [5, 5.41) is 8.43. The van der Waals surface area contributed by atoms with Gasteiger partial charge in [-0.25, -0.2) is 9.97 Å². The summed E-state index contributed by atoms with van der Waals surface area (Å²) in [6.07, 6.45) is 5.70. The average Bonchev–Trinajstić information content (AvgIpc) is 3.14. The normalized spacial score (nSPS) is 10.9. The first kappa shape index (κ1) is 17.7. The lowest BCUT2D eigenvalue weighted by Crippen LogP contribution is -2.12. The van der Waals surface area contributed by atoms with Crippen LogP contribution in [-0.2, 0) is 13.5 Å². The zero-order valence-corrected chi connectivity index (χ0v) is 15.7. The number of nitrogens with zero attached hydrogens (tertiary/aromatic N) is 4. The van der Waals surface area contributed by atoms with E-state index in [-0.39, 0.29) is 5.91 Å². The monoisotopic (exact) mass is 372 g/mol. The first-order valence-electron chi connectivity index (χ1n) is 8.99. The fraction of sp³-hybridized carbons (Fsp3) is 0.143. The van der Waals surface area contributed by atoms with Gasteiger partial charge < -0.3 is 11.1 Å². The molecule has 0 aliphatic heterocycles. The summed E-state index contributed by atoms with van der Waals surface area (Å²) in [6, 6.07) is 11.9. The van der Waals surface area contributed by atoms with Crippen LogP contribution in [0.2, 0.25) is 0 Å². The van der Waals surface area contributed by atoms with Crippen molar-refractivity contribution in [2.75, 3.05) is 11.1 Å². The van der Waals surface area contributed by atoms with E-state index in [1.165, 1.54) is 11.8 Å². The summed E-state index contributed by atoms with van der Waals surface area (Å²) in [4.78, 5) is 21.2. The maximum atomic E-state index is 12.4. The second-order valence-corrected chi connectivity index (χ2v) is 6.55. The zero-order chi connectivity index (χ0) is 19.7. The number of pyridine rings is 2. The predicted molar refractivity (Wildman–Crippen MR) is 110 cm³/mol. The molecule has 0 radical (unpaired) electrons. The lowest BCUT2D eigenvalue weighted by Gasteiger charge is -2.11. The van der Waals surface area contributed by atoms with Gasteiger partial charge in [-0.05, 0) is 29.5 Å². The molecule has 4 rings (SSSR count). The van der Waals surface area contributed by atoms with E-state index in [2.05, 4.69) is 33.4 Å². The van der Waals surface area contributed by atoms with Gasteiger partial charge in [-0.1, -0.05) is 31.2 Å². The van der Waals surface area contributed by atoms with Gasteiger partial charge in [0.25, 0.3) is 5.91 Å². The fourth-order valence-electron chi connectivity index (χ4n) is 3.19. The average molecular weight is 372 g/mol. The lowest BCUT2D eigenvalue weighted by molar-refractivity contribution is 0.102. The number of nitrogens with one attached hydrogen (secondary N) is 1. The van der Waals surface area contributed by atoms with E-state index in [0.29, 0.717) is 17.2 Å². The van der Waals surface area contributed by atoms with Crippen molar-refractivity contribution in [3.05, 3.63) is 66.1 Å². The Kier molecular flexibility index (Phi) is 4.49. The Morgan fingerprint density at radius 3 is 2.79 bits per heavy atom. The third-order valence-electron chi connectivity index (χ3n) is 4.63. The number of carbonyl (C=O) groups is 1. The highest BCUT2D eigenvalue weighted by atomic mass is 16.1. The van der Waals surface area contributed by atoms with Crippen LogP contribution in [-0.4, -0.2) is 25.7 Å². The molecule has 0 unspecified atom stereocenters. The van der Waals surface area contributed by atoms with E-state index in [1.807, 2.05) is 24.3 Å². The smallest absolute Gasteiger partial charge is 0.260 e. The molecular weight excluding hydrogens is 352 g/mol. The highest BCUT2D eigenvalue weighted by Gasteiger charge is 2.12. The number of aryl methyl sites for hydroxylation is 2. The summed E-state index contributed by atoms with van der Waals surface area (Å²) in [5.41, 5.74) is 9.71. The third kappa shape index (κ3) is 3.29. The topological polar surface area (TPSA) is 98.7 Å². The molecule has 0 bridgehead atoms. The largest absolute Gasteiger partial charge is 0.383 e. The minimum absolute atomic E-state index is 0.265. The number of hydrogen-bond acceptors (Lipinski definition) is 5. The van der Waals surface area contributed by atoms with Crippen molar-refractivity contribution in [2.45, 2.75) is 13.3 Å². The van der Waals surface area contributed by atoms with Crippen molar-refractivity contribution in [2.24, 2.45) is 7.05 Å². The number of nitrogen functional groups attached to an aromatic ring is 1. The Hall–Kier alpha value is -3.74. The summed E-state index contributed by atoms with van der Waals surface area (Å²) < 4.78 is 1.58. The number of benzene rings is 1. The van der Waals surface area contributed by atoms with Gasteiger partial charge in [0.15, 0.2) is 0 Å². The number of hydrogen-bond donors (Lipinski definition) is 2.